The Balaban J connectivity index is 1.15. The van der Waals surface area contributed by atoms with Crippen LogP contribution in [0.1, 0.15) is 44.9 Å². The third-order valence-electron chi connectivity index (χ3n) is 7.81. The van der Waals surface area contributed by atoms with E-state index >= 15 is 0 Å². The second-order valence-corrected chi connectivity index (χ2v) is 9.41. The van der Waals surface area contributed by atoms with Gasteiger partial charge in [-0.3, -0.25) is 9.59 Å². The lowest BCUT2D eigenvalue weighted by Gasteiger charge is -2.31. The minimum absolute atomic E-state index is 0.0796. The summed E-state index contributed by atoms with van der Waals surface area (Å²) in [5, 5.41) is 0. The number of ether oxygens (including phenoxy) is 3. The van der Waals surface area contributed by atoms with Crippen LogP contribution in [0.4, 0.5) is 0 Å². The van der Waals surface area contributed by atoms with Crippen LogP contribution < -0.4 is 0 Å². The molecule has 0 N–H and O–H groups in total. The molecule has 0 radical (unpaired) electrons. The minimum atomic E-state index is -0.507. The number of fused-ring (bicyclic) bond motifs is 5. The van der Waals surface area contributed by atoms with Crippen molar-refractivity contribution in [2.45, 2.75) is 62.9 Å². The van der Waals surface area contributed by atoms with Crippen LogP contribution >= 0.6 is 0 Å². The van der Waals surface area contributed by atoms with Crippen molar-refractivity contribution >= 4 is 11.8 Å². The molecule has 8 atom stereocenters. The number of ketones is 1. The number of allylic oxidation sites excluding steroid dienone is 2. The quantitative estimate of drug-likeness (QED) is 0.565. The van der Waals surface area contributed by atoms with Crippen molar-refractivity contribution in [3.63, 3.8) is 0 Å². The summed E-state index contributed by atoms with van der Waals surface area (Å²) in [5.74, 6) is 1.41. The van der Waals surface area contributed by atoms with Gasteiger partial charge in [0.05, 0.1) is 12.5 Å². The Labute approximate surface area is 159 Å². The summed E-state index contributed by atoms with van der Waals surface area (Å²) in [5.41, 5.74) is 0.994. The summed E-state index contributed by atoms with van der Waals surface area (Å²) in [4.78, 5) is 24.6. The number of rotatable bonds is 3. The van der Waals surface area contributed by atoms with Crippen LogP contribution in [-0.2, 0) is 23.8 Å². The van der Waals surface area contributed by atoms with Gasteiger partial charge in [-0.2, -0.15) is 0 Å². The van der Waals surface area contributed by atoms with Gasteiger partial charge in [-0.15, -0.1) is 0 Å². The van der Waals surface area contributed by atoms with Crippen molar-refractivity contribution in [2.24, 2.45) is 29.6 Å². The van der Waals surface area contributed by atoms with Crippen molar-refractivity contribution < 1.29 is 23.8 Å². The lowest BCUT2D eigenvalue weighted by molar-refractivity contribution is -0.159. The van der Waals surface area contributed by atoms with Crippen molar-refractivity contribution in [1.82, 2.24) is 0 Å². The highest BCUT2D eigenvalue weighted by Gasteiger charge is 2.57. The van der Waals surface area contributed by atoms with Crippen molar-refractivity contribution in [2.75, 3.05) is 6.61 Å². The van der Waals surface area contributed by atoms with Gasteiger partial charge < -0.3 is 14.2 Å². The molecule has 0 aromatic carbocycles. The Morgan fingerprint density at radius 3 is 2.81 bits per heavy atom. The van der Waals surface area contributed by atoms with E-state index < -0.39 is 6.10 Å². The first-order valence-corrected chi connectivity index (χ1v) is 10.5. The molecule has 8 unspecified atom stereocenters. The fourth-order valence-electron chi connectivity index (χ4n) is 6.50. The molecule has 6 rings (SSSR count). The minimum Gasteiger partial charge on any atom is -0.454 e. The van der Waals surface area contributed by atoms with Gasteiger partial charge in [0.1, 0.15) is 5.60 Å². The molecule has 1 aliphatic heterocycles. The first-order chi connectivity index (χ1) is 13.1. The third-order valence-corrected chi connectivity index (χ3v) is 7.81. The van der Waals surface area contributed by atoms with Gasteiger partial charge in [0.25, 0.3) is 0 Å². The zero-order chi connectivity index (χ0) is 18.2. The van der Waals surface area contributed by atoms with E-state index in [2.05, 4.69) is 18.2 Å². The Bertz CT molecular complexity index is 754. The van der Waals surface area contributed by atoms with Crippen LogP contribution in [0.5, 0.6) is 0 Å². The zero-order valence-corrected chi connectivity index (χ0v) is 15.5. The molecule has 5 nitrogen and oxygen atoms in total. The molecule has 4 fully saturated rings. The Morgan fingerprint density at radius 1 is 1.19 bits per heavy atom. The maximum Gasteiger partial charge on any atom is 0.310 e. The smallest absolute Gasteiger partial charge is 0.310 e. The monoisotopic (exact) mass is 370 g/mol. The molecule has 3 saturated carbocycles. The fourth-order valence-corrected chi connectivity index (χ4v) is 6.50. The lowest BCUT2D eigenvalue weighted by Crippen LogP contribution is -2.37. The van der Waals surface area contributed by atoms with E-state index in [0.717, 1.165) is 31.3 Å². The molecule has 4 bridgehead atoms. The average Bonchev–Trinajstić information content (AvgIpc) is 3.46. The predicted molar refractivity (Wildman–Crippen MR) is 95.4 cm³/mol. The first kappa shape index (κ1) is 16.5. The summed E-state index contributed by atoms with van der Waals surface area (Å²) < 4.78 is 18.2. The largest absolute Gasteiger partial charge is 0.454 e. The molecule has 144 valence electrons. The van der Waals surface area contributed by atoms with Gasteiger partial charge >= 0.3 is 5.97 Å². The van der Waals surface area contributed by atoms with Crippen LogP contribution in [-0.4, -0.2) is 36.4 Å². The number of hydrogen-bond donors (Lipinski definition) is 0. The molecule has 0 amide bonds. The number of esters is 1. The van der Waals surface area contributed by atoms with E-state index in [1.807, 2.05) is 0 Å². The standard InChI is InChI=1S/C22H26O5/c23-18-2-1-3-19(18)26-20(24)16-8-13-7-15(16)17(9-13)21-25-11-22(27-21)10-12-4-5-14(22)6-12/h4-5,9,12-16,19,21H,1-3,6-8,10-11H2. The van der Waals surface area contributed by atoms with Crippen molar-refractivity contribution in [3.8, 4) is 0 Å². The molecule has 1 saturated heterocycles. The molecule has 1 spiro atoms. The maximum absolute atomic E-state index is 12.8. The zero-order valence-electron chi connectivity index (χ0n) is 15.5. The van der Waals surface area contributed by atoms with Gasteiger partial charge in [0, 0.05) is 12.3 Å². The van der Waals surface area contributed by atoms with Crippen LogP contribution in [0.2, 0.25) is 0 Å². The van der Waals surface area contributed by atoms with Gasteiger partial charge in [0.2, 0.25) is 0 Å². The summed E-state index contributed by atoms with van der Waals surface area (Å²) in [6, 6.07) is 0. The Morgan fingerprint density at radius 2 is 2.11 bits per heavy atom. The van der Waals surface area contributed by atoms with Gasteiger partial charge in [-0.1, -0.05) is 18.2 Å². The molecule has 5 heteroatoms. The summed E-state index contributed by atoms with van der Waals surface area (Å²) in [7, 11) is 0. The van der Waals surface area contributed by atoms with Gasteiger partial charge in [-0.25, -0.2) is 0 Å². The topological polar surface area (TPSA) is 61.8 Å². The van der Waals surface area contributed by atoms with Gasteiger partial charge in [-0.05, 0) is 61.9 Å². The highest BCUT2D eigenvalue weighted by Crippen LogP contribution is 2.55. The van der Waals surface area contributed by atoms with Crippen molar-refractivity contribution in [3.05, 3.63) is 23.8 Å². The second kappa shape index (κ2) is 5.77. The van der Waals surface area contributed by atoms with Crippen LogP contribution in [0.25, 0.3) is 0 Å². The Kier molecular flexibility index (Phi) is 3.52. The molecule has 0 aromatic heterocycles. The fraction of sp³-hybridized carbons (Fsp3) is 0.727. The number of carbonyl (C=O) groups is 2. The predicted octanol–water partition coefficient (Wildman–Crippen LogP) is 2.94. The number of Topliss-reactive ketones (excluding diaryl/α,β-unsaturated/α-hetero) is 1. The number of hydrogen-bond acceptors (Lipinski definition) is 5. The summed E-state index contributed by atoms with van der Waals surface area (Å²) >= 11 is 0. The molecule has 5 aliphatic carbocycles. The second-order valence-electron chi connectivity index (χ2n) is 9.41. The van der Waals surface area contributed by atoms with E-state index in [0.29, 0.717) is 37.2 Å². The molecule has 6 aliphatic rings. The summed E-state index contributed by atoms with van der Waals surface area (Å²) in [6.07, 6.45) is 12.2. The summed E-state index contributed by atoms with van der Waals surface area (Å²) in [6.45, 7) is 0.656. The van der Waals surface area contributed by atoms with E-state index in [-0.39, 0.29) is 35.5 Å². The molecule has 0 aromatic rings. The molecular formula is C22H26O5. The SMILES string of the molecule is O=C1CCCC1OC(=O)C1CC2C=C(C3OCC4(CC5C=CC4C5)O3)C1C2. The van der Waals surface area contributed by atoms with E-state index in [4.69, 9.17) is 14.2 Å². The highest BCUT2D eigenvalue weighted by atomic mass is 16.7. The van der Waals surface area contributed by atoms with Crippen LogP contribution in [0.3, 0.4) is 0 Å². The highest BCUT2D eigenvalue weighted by molar-refractivity contribution is 5.87. The Hall–Kier alpha value is -1.46. The van der Waals surface area contributed by atoms with Gasteiger partial charge in [0.15, 0.2) is 18.2 Å². The van der Waals surface area contributed by atoms with E-state index in [1.54, 1.807) is 0 Å². The molecule has 27 heavy (non-hydrogen) atoms. The van der Waals surface area contributed by atoms with E-state index in [9.17, 15) is 9.59 Å². The van der Waals surface area contributed by atoms with Crippen LogP contribution in [0.15, 0.2) is 23.8 Å². The average molecular weight is 370 g/mol. The van der Waals surface area contributed by atoms with Crippen LogP contribution in [0, 0.1) is 29.6 Å². The maximum atomic E-state index is 12.8. The van der Waals surface area contributed by atoms with Crippen molar-refractivity contribution in [1.29, 1.82) is 0 Å². The normalized spacial score (nSPS) is 49.6. The molecular weight excluding hydrogens is 344 g/mol. The third kappa shape index (κ3) is 2.44. The first-order valence-electron chi connectivity index (χ1n) is 10.5. The number of carbonyl (C=O) groups excluding carboxylic acids is 2. The molecule has 1 heterocycles. The lowest BCUT2D eigenvalue weighted by atomic mass is 9.86. The van der Waals surface area contributed by atoms with E-state index in [1.165, 1.54) is 6.42 Å².